The van der Waals surface area contributed by atoms with E-state index in [1.807, 2.05) is 35.0 Å². The molecule has 7 heteroatoms. The number of furan rings is 1. The van der Waals surface area contributed by atoms with Crippen LogP contribution in [0, 0.1) is 5.92 Å². The van der Waals surface area contributed by atoms with Gasteiger partial charge < -0.3 is 4.42 Å². The largest absolute Gasteiger partial charge is 0.460 e. The first kappa shape index (κ1) is 15.7. The standard InChI is InChI=1S/C19H15N3O2S2/c1-11-7-13(11)15-5-4-12(24-15)8-21-22-10-20-18-17(19(22)23)14(9-26-18)16-3-2-6-25-16/h2-6,8-11,13H,7H2,1H3/b21-8-/t11-,13+/m0/s1. The van der Waals surface area contributed by atoms with Crippen molar-refractivity contribution in [2.75, 3.05) is 0 Å². The number of hydrogen-bond donors (Lipinski definition) is 0. The first-order valence-electron chi connectivity index (χ1n) is 8.37. The maximum absolute atomic E-state index is 12.9. The van der Waals surface area contributed by atoms with Crippen molar-refractivity contribution in [2.45, 2.75) is 19.3 Å². The van der Waals surface area contributed by atoms with Crippen LogP contribution in [-0.4, -0.2) is 15.9 Å². The predicted molar refractivity (Wildman–Crippen MR) is 105 cm³/mol. The van der Waals surface area contributed by atoms with Crippen LogP contribution >= 0.6 is 22.7 Å². The second kappa shape index (κ2) is 6.03. The number of fused-ring (bicyclic) bond motifs is 1. The molecule has 0 saturated heterocycles. The lowest BCUT2D eigenvalue weighted by molar-refractivity contribution is 0.500. The number of hydrogen-bond acceptors (Lipinski definition) is 6. The van der Waals surface area contributed by atoms with Gasteiger partial charge in [-0.15, -0.1) is 22.7 Å². The molecule has 0 spiro atoms. The van der Waals surface area contributed by atoms with Gasteiger partial charge in [-0.05, 0) is 35.9 Å². The van der Waals surface area contributed by atoms with Crippen molar-refractivity contribution in [2.24, 2.45) is 11.0 Å². The van der Waals surface area contributed by atoms with Crippen molar-refractivity contribution in [3.63, 3.8) is 0 Å². The summed E-state index contributed by atoms with van der Waals surface area (Å²) in [6.07, 6.45) is 4.21. The van der Waals surface area contributed by atoms with Gasteiger partial charge in [0, 0.05) is 21.7 Å². The highest BCUT2D eigenvalue weighted by Gasteiger charge is 2.36. The molecule has 0 radical (unpaired) electrons. The molecule has 5 rings (SSSR count). The van der Waals surface area contributed by atoms with E-state index in [9.17, 15) is 4.79 Å². The summed E-state index contributed by atoms with van der Waals surface area (Å²) in [6, 6.07) is 7.87. The molecule has 1 saturated carbocycles. The first-order chi connectivity index (χ1) is 12.7. The fourth-order valence-electron chi connectivity index (χ4n) is 3.09. The van der Waals surface area contributed by atoms with Gasteiger partial charge in [0.15, 0.2) is 0 Å². The molecule has 2 atom stereocenters. The minimum atomic E-state index is -0.168. The van der Waals surface area contributed by atoms with Crippen LogP contribution in [0.5, 0.6) is 0 Å². The Hall–Kier alpha value is -2.51. The van der Waals surface area contributed by atoms with Gasteiger partial charge in [-0.3, -0.25) is 4.79 Å². The molecular formula is C19H15N3O2S2. The van der Waals surface area contributed by atoms with E-state index in [0.29, 0.717) is 23.0 Å². The Morgan fingerprint density at radius 1 is 1.35 bits per heavy atom. The maximum atomic E-state index is 12.9. The Balaban J connectivity index is 1.51. The van der Waals surface area contributed by atoms with Gasteiger partial charge in [-0.25, -0.2) is 4.98 Å². The molecule has 5 nitrogen and oxygen atoms in total. The SMILES string of the molecule is C[C@H]1C[C@H]1c1ccc(/C=N\n2cnc3scc(-c4cccs4)c3c2=O)o1. The molecule has 0 unspecified atom stereocenters. The van der Waals surface area contributed by atoms with Gasteiger partial charge in [0.25, 0.3) is 5.56 Å². The summed E-state index contributed by atoms with van der Waals surface area (Å²) in [6.45, 7) is 2.22. The lowest BCUT2D eigenvalue weighted by Crippen LogP contribution is -2.16. The minimum absolute atomic E-state index is 0.168. The minimum Gasteiger partial charge on any atom is -0.460 e. The van der Waals surface area contributed by atoms with Crippen molar-refractivity contribution < 1.29 is 4.42 Å². The van der Waals surface area contributed by atoms with E-state index < -0.39 is 0 Å². The predicted octanol–water partition coefficient (Wildman–Crippen LogP) is 4.79. The third-order valence-electron chi connectivity index (χ3n) is 4.70. The van der Waals surface area contributed by atoms with Crippen molar-refractivity contribution in [3.05, 3.63) is 63.2 Å². The second-order valence-electron chi connectivity index (χ2n) is 6.51. The van der Waals surface area contributed by atoms with Crippen LogP contribution in [0.15, 0.2) is 55.7 Å². The summed E-state index contributed by atoms with van der Waals surface area (Å²) in [5, 5.41) is 8.87. The van der Waals surface area contributed by atoms with Gasteiger partial charge in [0.1, 0.15) is 22.7 Å². The average molecular weight is 381 g/mol. The smallest absolute Gasteiger partial charge is 0.283 e. The van der Waals surface area contributed by atoms with E-state index in [4.69, 9.17) is 4.42 Å². The van der Waals surface area contributed by atoms with Crippen molar-refractivity contribution in [1.29, 1.82) is 0 Å². The first-order valence-corrected chi connectivity index (χ1v) is 10.1. The van der Waals surface area contributed by atoms with Crippen LogP contribution < -0.4 is 5.56 Å². The van der Waals surface area contributed by atoms with Crippen LogP contribution in [0.4, 0.5) is 0 Å². The van der Waals surface area contributed by atoms with Gasteiger partial charge >= 0.3 is 0 Å². The quantitative estimate of drug-likeness (QED) is 0.478. The molecule has 4 aromatic heterocycles. The van der Waals surface area contributed by atoms with Gasteiger partial charge in [-0.1, -0.05) is 13.0 Å². The molecule has 0 aliphatic heterocycles. The summed E-state index contributed by atoms with van der Waals surface area (Å²) < 4.78 is 7.09. The van der Waals surface area contributed by atoms with E-state index in [-0.39, 0.29) is 5.56 Å². The molecule has 1 fully saturated rings. The monoisotopic (exact) mass is 381 g/mol. The molecule has 130 valence electrons. The Bertz CT molecular complexity index is 1170. The van der Waals surface area contributed by atoms with Crippen LogP contribution in [0.2, 0.25) is 0 Å². The highest BCUT2D eigenvalue weighted by atomic mass is 32.1. The summed E-state index contributed by atoms with van der Waals surface area (Å²) in [7, 11) is 0. The zero-order valence-electron chi connectivity index (χ0n) is 14.0. The topological polar surface area (TPSA) is 60.4 Å². The Morgan fingerprint density at radius 2 is 2.23 bits per heavy atom. The van der Waals surface area contributed by atoms with E-state index in [1.54, 1.807) is 17.6 Å². The van der Waals surface area contributed by atoms with E-state index >= 15 is 0 Å². The van der Waals surface area contributed by atoms with E-state index in [1.165, 1.54) is 28.8 Å². The van der Waals surface area contributed by atoms with Crippen LogP contribution in [0.3, 0.4) is 0 Å². The fourth-order valence-corrected chi connectivity index (χ4v) is 4.81. The average Bonchev–Trinajstić information content (AvgIpc) is 3.14. The lowest BCUT2D eigenvalue weighted by Gasteiger charge is -1.99. The van der Waals surface area contributed by atoms with E-state index in [0.717, 1.165) is 21.0 Å². The number of aromatic nitrogens is 2. The van der Waals surface area contributed by atoms with Gasteiger partial charge in [0.2, 0.25) is 0 Å². The molecule has 4 heterocycles. The zero-order valence-corrected chi connectivity index (χ0v) is 15.6. The summed E-state index contributed by atoms with van der Waals surface area (Å²) in [4.78, 5) is 19.1. The molecule has 1 aliphatic rings. The third-order valence-corrected chi connectivity index (χ3v) is 6.49. The molecule has 0 N–H and O–H groups in total. The van der Waals surface area contributed by atoms with Crippen LogP contribution in [-0.2, 0) is 0 Å². The molecule has 1 aliphatic carbocycles. The summed E-state index contributed by atoms with van der Waals surface area (Å²) in [5.41, 5.74) is 0.753. The zero-order chi connectivity index (χ0) is 17.7. The molecule has 26 heavy (non-hydrogen) atoms. The van der Waals surface area contributed by atoms with E-state index in [2.05, 4.69) is 17.0 Å². The Labute approximate surface area is 157 Å². The Morgan fingerprint density at radius 3 is 3.00 bits per heavy atom. The molecular weight excluding hydrogens is 366 g/mol. The lowest BCUT2D eigenvalue weighted by atomic mass is 10.2. The molecule has 4 aromatic rings. The molecule has 0 bridgehead atoms. The maximum Gasteiger partial charge on any atom is 0.283 e. The number of thiophene rings is 2. The van der Waals surface area contributed by atoms with Crippen LogP contribution in [0.1, 0.15) is 30.8 Å². The summed E-state index contributed by atoms with van der Waals surface area (Å²) in [5.74, 6) is 2.86. The fraction of sp³-hybridized carbons (Fsp3) is 0.211. The number of nitrogens with zero attached hydrogens (tertiary/aromatic N) is 3. The second-order valence-corrected chi connectivity index (χ2v) is 8.31. The third kappa shape index (κ3) is 2.64. The van der Waals surface area contributed by atoms with Gasteiger partial charge in [-0.2, -0.15) is 9.78 Å². The Kier molecular flexibility index (Phi) is 3.65. The van der Waals surface area contributed by atoms with Crippen molar-refractivity contribution >= 4 is 39.1 Å². The molecule has 0 amide bonds. The normalized spacial score (nSPS) is 19.6. The van der Waals surface area contributed by atoms with Crippen molar-refractivity contribution in [1.82, 2.24) is 9.66 Å². The van der Waals surface area contributed by atoms with Gasteiger partial charge in [0.05, 0.1) is 11.6 Å². The van der Waals surface area contributed by atoms with Crippen LogP contribution in [0.25, 0.3) is 20.7 Å². The number of rotatable bonds is 4. The highest BCUT2D eigenvalue weighted by Crippen LogP contribution is 2.47. The summed E-state index contributed by atoms with van der Waals surface area (Å²) >= 11 is 3.08. The van der Waals surface area contributed by atoms with Crippen molar-refractivity contribution in [3.8, 4) is 10.4 Å². The molecule has 0 aromatic carbocycles. The highest BCUT2D eigenvalue weighted by molar-refractivity contribution is 7.18.